The molecule has 130 valence electrons. The summed E-state index contributed by atoms with van der Waals surface area (Å²) in [6.07, 6.45) is 8.27. The van der Waals surface area contributed by atoms with Crippen molar-refractivity contribution < 1.29 is 4.79 Å². The molecule has 3 saturated carbocycles. The Morgan fingerprint density at radius 1 is 1.12 bits per heavy atom. The van der Waals surface area contributed by atoms with Crippen LogP contribution in [0.5, 0.6) is 0 Å². The van der Waals surface area contributed by atoms with Gasteiger partial charge in [-0.1, -0.05) is 24.6 Å². The number of amides is 1. The molecule has 24 heavy (non-hydrogen) atoms. The van der Waals surface area contributed by atoms with Crippen molar-refractivity contribution in [3.8, 4) is 0 Å². The molecular weight excluding hydrogens is 320 g/mol. The molecular formula is C20H27ClN2O. The molecule has 4 aliphatic rings. The van der Waals surface area contributed by atoms with Gasteiger partial charge in [0.15, 0.2) is 0 Å². The Kier molecular flexibility index (Phi) is 3.92. The molecule has 1 spiro atoms. The first-order valence-electron chi connectivity index (χ1n) is 9.34. The molecule has 1 aliphatic heterocycles. The van der Waals surface area contributed by atoms with Crippen molar-refractivity contribution in [3.05, 3.63) is 29.8 Å². The molecule has 1 amide bonds. The van der Waals surface area contributed by atoms with Crippen LogP contribution in [0.15, 0.2) is 24.3 Å². The molecule has 2 unspecified atom stereocenters. The molecule has 1 aromatic carbocycles. The molecule has 3 aliphatic carbocycles. The molecule has 0 aromatic heterocycles. The summed E-state index contributed by atoms with van der Waals surface area (Å²) in [6.45, 7) is 0.920. The fourth-order valence-electron chi connectivity index (χ4n) is 5.62. The van der Waals surface area contributed by atoms with Gasteiger partial charge in [0.25, 0.3) is 0 Å². The number of nitrogens with zero attached hydrogens (tertiary/aromatic N) is 1. The quantitative estimate of drug-likeness (QED) is 0.843. The van der Waals surface area contributed by atoms with Crippen molar-refractivity contribution in [2.24, 2.45) is 23.5 Å². The third kappa shape index (κ3) is 2.32. The Balaban J connectivity index is 0.00000146. The number of fused-ring (bicyclic) bond motifs is 4. The summed E-state index contributed by atoms with van der Waals surface area (Å²) in [7, 11) is 0. The van der Waals surface area contributed by atoms with Crippen LogP contribution >= 0.6 is 12.4 Å². The predicted octanol–water partition coefficient (Wildman–Crippen LogP) is 3.64. The topological polar surface area (TPSA) is 46.3 Å². The maximum Gasteiger partial charge on any atom is 0.230 e. The number of carbonyl (C=O) groups is 1. The molecule has 3 fully saturated rings. The Hall–Kier alpha value is -1.06. The van der Waals surface area contributed by atoms with Crippen LogP contribution in [0.25, 0.3) is 0 Å². The van der Waals surface area contributed by atoms with Crippen LogP contribution in [0, 0.1) is 17.8 Å². The molecule has 1 heterocycles. The number of nitrogens with two attached hydrogens (primary N) is 1. The van der Waals surface area contributed by atoms with E-state index < -0.39 is 0 Å². The van der Waals surface area contributed by atoms with Gasteiger partial charge in [-0.3, -0.25) is 4.79 Å². The first-order valence-corrected chi connectivity index (χ1v) is 9.34. The third-order valence-electron chi connectivity index (χ3n) is 7.11. The van der Waals surface area contributed by atoms with Crippen molar-refractivity contribution in [1.82, 2.24) is 0 Å². The second-order valence-electron chi connectivity index (χ2n) is 8.42. The number of benzene rings is 1. The van der Waals surface area contributed by atoms with Gasteiger partial charge >= 0.3 is 0 Å². The fourth-order valence-corrected chi connectivity index (χ4v) is 5.62. The van der Waals surface area contributed by atoms with E-state index in [0.29, 0.717) is 29.2 Å². The number of para-hydroxylation sites is 1. The average Bonchev–Trinajstić information content (AvgIpc) is 3.24. The van der Waals surface area contributed by atoms with Gasteiger partial charge < -0.3 is 10.6 Å². The van der Waals surface area contributed by atoms with Gasteiger partial charge in [0.2, 0.25) is 5.91 Å². The number of rotatable bonds is 1. The van der Waals surface area contributed by atoms with Gasteiger partial charge in [0, 0.05) is 29.6 Å². The largest absolute Gasteiger partial charge is 0.327 e. The van der Waals surface area contributed by atoms with Gasteiger partial charge in [-0.2, -0.15) is 0 Å². The summed E-state index contributed by atoms with van der Waals surface area (Å²) in [4.78, 5) is 15.4. The van der Waals surface area contributed by atoms with E-state index >= 15 is 0 Å². The van der Waals surface area contributed by atoms with Crippen molar-refractivity contribution in [2.75, 3.05) is 11.4 Å². The summed E-state index contributed by atoms with van der Waals surface area (Å²) in [5.41, 5.74) is 9.31. The zero-order valence-electron chi connectivity index (χ0n) is 14.1. The minimum absolute atomic E-state index is 0. The summed E-state index contributed by atoms with van der Waals surface area (Å²) in [5.74, 6) is 1.73. The van der Waals surface area contributed by atoms with Crippen molar-refractivity contribution >= 4 is 24.0 Å². The SMILES string of the molecule is Cl.NC1C2CCCC1CC(C(=O)N1CC3(CC3)c3ccccc31)C2. The molecule has 2 N–H and O–H groups in total. The van der Waals surface area contributed by atoms with E-state index in [2.05, 4.69) is 29.2 Å². The van der Waals surface area contributed by atoms with Crippen molar-refractivity contribution in [2.45, 2.75) is 56.4 Å². The standard InChI is InChI=1S/C20H26N2O.ClH/c21-18-13-4-3-5-14(18)11-15(10-13)19(23)22-12-20(8-9-20)16-6-1-2-7-17(16)22;/h1-2,6-7,13-15,18H,3-5,8-12,21H2;1H. The Morgan fingerprint density at radius 2 is 1.79 bits per heavy atom. The maximum absolute atomic E-state index is 13.3. The van der Waals surface area contributed by atoms with E-state index in [1.54, 1.807) is 0 Å². The van der Waals surface area contributed by atoms with Crippen LogP contribution in [0.2, 0.25) is 0 Å². The number of carbonyl (C=O) groups excluding carboxylic acids is 1. The molecule has 3 nitrogen and oxygen atoms in total. The zero-order chi connectivity index (χ0) is 15.6. The highest BCUT2D eigenvalue weighted by Gasteiger charge is 2.54. The maximum atomic E-state index is 13.3. The average molecular weight is 347 g/mol. The Bertz CT molecular complexity index is 643. The van der Waals surface area contributed by atoms with E-state index in [4.69, 9.17) is 5.73 Å². The first-order chi connectivity index (χ1) is 11.2. The lowest BCUT2D eigenvalue weighted by molar-refractivity contribution is -0.125. The van der Waals surface area contributed by atoms with Gasteiger partial charge in [-0.15, -0.1) is 12.4 Å². The van der Waals surface area contributed by atoms with E-state index in [1.807, 2.05) is 0 Å². The molecule has 4 heteroatoms. The van der Waals surface area contributed by atoms with Crippen LogP contribution in [0.4, 0.5) is 5.69 Å². The Labute approximate surface area is 150 Å². The zero-order valence-corrected chi connectivity index (χ0v) is 14.9. The molecule has 1 aromatic rings. The first kappa shape index (κ1) is 16.4. The Morgan fingerprint density at radius 3 is 2.46 bits per heavy atom. The van der Waals surface area contributed by atoms with Crippen LogP contribution in [0.1, 0.15) is 50.5 Å². The number of halogens is 1. The van der Waals surface area contributed by atoms with Crippen LogP contribution in [0.3, 0.4) is 0 Å². The highest BCUT2D eigenvalue weighted by molar-refractivity contribution is 5.98. The van der Waals surface area contributed by atoms with Crippen LogP contribution in [-0.2, 0) is 10.2 Å². The highest BCUT2D eigenvalue weighted by atomic mass is 35.5. The van der Waals surface area contributed by atoms with Gasteiger partial charge in [-0.25, -0.2) is 0 Å². The van der Waals surface area contributed by atoms with Crippen LogP contribution in [-0.4, -0.2) is 18.5 Å². The van der Waals surface area contributed by atoms with Gasteiger partial charge in [-0.05, 0) is 62.0 Å². The van der Waals surface area contributed by atoms with E-state index in [0.717, 1.165) is 19.4 Å². The van der Waals surface area contributed by atoms with Crippen molar-refractivity contribution in [3.63, 3.8) is 0 Å². The van der Waals surface area contributed by atoms with Crippen molar-refractivity contribution in [1.29, 1.82) is 0 Å². The minimum Gasteiger partial charge on any atom is -0.327 e. The number of hydrogen-bond acceptors (Lipinski definition) is 2. The minimum atomic E-state index is 0. The summed E-state index contributed by atoms with van der Waals surface area (Å²) < 4.78 is 0. The third-order valence-corrected chi connectivity index (χ3v) is 7.11. The normalized spacial score (nSPS) is 35.3. The lowest BCUT2D eigenvalue weighted by Crippen LogP contribution is -2.49. The monoisotopic (exact) mass is 346 g/mol. The molecule has 2 bridgehead atoms. The lowest BCUT2D eigenvalue weighted by atomic mass is 9.65. The lowest BCUT2D eigenvalue weighted by Gasteiger charge is -2.44. The molecule has 0 radical (unpaired) electrons. The highest BCUT2D eigenvalue weighted by Crippen LogP contribution is 2.57. The second-order valence-corrected chi connectivity index (χ2v) is 8.42. The van der Waals surface area contributed by atoms with Gasteiger partial charge in [0.1, 0.15) is 0 Å². The van der Waals surface area contributed by atoms with E-state index in [9.17, 15) is 4.79 Å². The van der Waals surface area contributed by atoms with Gasteiger partial charge in [0.05, 0.1) is 0 Å². The number of hydrogen-bond donors (Lipinski definition) is 1. The van der Waals surface area contributed by atoms with E-state index in [1.165, 1.54) is 43.4 Å². The molecule has 0 saturated heterocycles. The summed E-state index contributed by atoms with van der Waals surface area (Å²) in [6, 6.07) is 8.92. The van der Waals surface area contributed by atoms with E-state index in [-0.39, 0.29) is 18.3 Å². The summed E-state index contributed by atoms with van der Waals surface area (Å²) in [5, 5.41) is 0. The fraction of sp³-hybridized carbons (Fsp3) is 0.650. The van der Waals surface area contributed by atoms with Crippen LogP contribution < -0.4 is 10.6 Å². The second kappa shape index (κ2) is 5.74. The number of anilines is 1. The molecule has 5 rings (SSSR count). The predicted molar refractivity (Wildman–Crippen MR) is 98.5 cm³/mol. The molecule has 2 atom stereocenters. The summed E-state index contributed by atoms with van der Waals surface area (Å²) >= 11 is 0. The smallest absolute Gasteiger partial charge is 0.230 e.